The van der Waals surface area contributed by atoms with Crippen LogP contribution in [0.5, 0.6) is 11.5 Å². The lowest BCUT2D eigenvalue weighted by atomic mass is 10.2. The van der Waals surface area contributed by atoms with Gasteiger partial charge in [0.25, 0.3) is 5.91 Å². The van der Waals surface area contributed by atoms with Crippen LogP contribution in [-0.4, -0.2) is 23.1 Å². The van der Waals surface area contributed by atoms with E-state index in [4.69, 9.17) is 10.5 Å². The number of nitrogens with two attached hydrogens (primary N) is 1. The highest BCUT2D eigenvalue weighted by atomic mass is 16.5. The molecule has 1 aromatic carbocycles. The summed E-state index contributed by atoms with van der Waals surface area (Å²) in [5.41, 5.74) is 6.96. The summed E-state index contributed by atoms with van der Waals surface area (Å²) in [6, 6.07) is 6.25. The third-order valence-electron chi connectivity index (χ3n) is 2.47. The zero-order chi connectivity index (χ0) is 13.8. The number of rotatable bonds is 3. The van der Waals surface area contributed by atoms with Crippen molar-refractivity contribution in [1.82, 2.24) is 4.98 Å². The highest BCUT2D eigenvalue weighted by Crippen LogP contribution is 2.24. The Morgan fingerprint density at radius 1 is 1.37 bits per heavy atom. The molecule has 1 heterocycles. The Morgan fingerprint density at radius 3 is 2.79 bits per heavy atom. The highest BCUT2D eigenvalue weighted by Gasteiger charge is 2.08. The second-order valence-corrected chi connectivity index (χ2v) is 3.84. The number of carbonyl (C=O) groups is 1. The molecule has 4 N–H and O–H groups in total. The van der Waals surface area contributed by atoms with E-state index in [2.05, 4.69) is 10.3 Å². The molecule has 1 aromatic heterocycles. The largest absolute Gasteiger partial charge is 0.506 e. The van der Waals surface area contributed by atoms with Gasteiger partial charge in [0.2, 0.25) is 0 Å². The summed E-state index contributed by atoms with van der Waals surface area (Å²) in [5, 5.41) is 11.9. The molecule has 0 spiro atoms. The van der Waals surface area contributed by atoms with Crippen LogP contribution in [0.2, 0.25) is 0 Å². The number of carbonyl (C=O) groups excluding carboxylic acids is 1. The molecule has 0 aliphatic heterocycles. The first-order valence-electron chi connectivity index (χ1n) is 5.49. The number of aromatic hydroxyl groups is 1. The Bertz CT molecular complexity index is 614. The van der Waals surface area contributed by atoms with E-state index in [9.17, 15) is 9.90 Å². The van der Waals surface area contributed by atoms with Crippen LogP contribution in [0.15, 0.2) is 36.7 Å². The minimum atomic E-state index is -0.382. The predicted octanol–water partition coefficient (Wildman–Crippen LogP) is 1.63. The van der Waals surface area contributed by atoms with E-state index in [0.29, 0.717) is 17.1 Å². The fraction of sp³-hybridized carbons (Fsp3) is 0.0769. The summed E-state index contributed by atoms with van der Waals surface area (Å²) in [7, 11) is 1.52. The summed E-state index contributed by atoms with van der Waals surface area (Å²) < 4.78 is 5.02. The number of benzene rings is 1. The molecule has 1 amide bonds. The Morgan fingerprint density at radius 2 is 2.16 bits per heavy atom. The first-order chi connectivity index (χ1) is 9.10. The molecule has 6 nitrogen and oxygen atoms in total. The van der Waals surface area contributed by atoms with Crippen molar-refractivity contribution >= 4 is 17.3 Å². The van der Waals surface area contributed by atoms with Crippen LogP contribution in [0.25, 0.3) is 0 Å². The fourth-order valence-electron chi connectivity index (χ4n) is 1.57. The fourth-order valence-corrected chi connectivity index (χ4v) is 1.57. The summed E-state index contributed by atoms with van der Waals surface area (Å²) in [5.74, 6) is 0.0897. The molecule has 0 atom stereocenters. The summed E-state index contributed by atoms with van der Waals surface area (Å²) in [4.78, 5) is 15.6. The van der Waals surface area contributed by atoms with Crippen molar-refractivity contribution < 1.29 is 14.6 Å². The number of hydrogen-bond donors (Lipinski definition) is 3. The Kier molecular flexibility index (Phi) is 3.51. The van der Waals surface area contributed by atoms with Crippen molar-refractivity contribution in [3.05, 3.63) is 42.2 Å². The minimum absolute atomic E-state index is 0.0677. The zero-order valence-corrected chi connectivity index (χ0v) is 10.3. The average Bonchev–Trinajstić information content (AvgIpc) is 2.39. The Hall–Kier alpha value is -2.76. The van der Waals surface area contributed by atoms with Crippen molar-refractivity contribution in [1.29, 1.82) is 0 Å². The van der Waals surface area contributed by atoms with Crippen LogP contribution in [0.1, 0.15) is 10.4 Å². The van der Waals surface area contributed by atoms with Crippen LogP contribution in [-0.2, 0) is 0 Å². The molecule has 0 bridgehead atoms. The van der Waals surface area contributed by atoms with Crippen molar-refractivity contribution in [3.63, 3.8) is 0 Å². The van der Waals surface area contributed by atoms with E-state index >= 15 is 0 Å². The summed E-state index contributed by atoms with van der Waals surface area (Å²) >= 11 is 0. The number of ether oxygens (including phenoxy) is 1. The molecule has 98 valence electrons. The lowest BCUT2D eigenvalue weighted by Crippen LogP contribution is -2.12. The van der Waals surface area contributed by atoms with Gasteiger partial charge in [0, 0.05) is 11.9 Å². The molecule has 2 aromatic rings. The van der Waals surface area contributed by atoms with Gasteiger partial charge in [0.15, 0.2) is 0 Å². The zero-order valence-electron chi connectivity index (χ0n) is 10.3. The van der Waals surface area contributed by atoms with E-state index in [1.165, 1.54) is 25.6 Å². The second kappa shape index (κ2) is 5.26. The van der Waals surface area contributed by atoms with Gasteiger partial charge in [0.1, 0.15) is 11.5 Å². The van der Waals surface area contributed by atoms with Crippen LogP contribution in [0, 0.1) is 0 Å². The van der Waals surface area contributed by atoms with Crippen LogP contribution in [0.4, 0.5) is 11.4 Å². The maximum atomic E-state index is 11.9. The third-order valence-corrected chi connectivity index (χ3v) is 2.47. The van der Waals surface area contributed by atoms with Gasteiger partial charge in [-0.3, -0.25) is 9.78 Å². The van der Waals surface area contributed by atoms with Crippen molar-refractivity contribution in [2.24, 2.45) is 0 Å². The van der Waals surface area contributed by atoms with Crippen LogP contribution in [0.3, 0.4) is 0 Å². The monoisotopic (exact) mass is 259 g/mol. The van der Waals surface area contributed by atoms with Crippen molar-refractivity contribution in [2.75, 3.05) is 18.2 Å². The molecule has 0 aliphatic rings. The molecule has 19 heavy (non-hydrogen) atoms. The van der Waals surface area contributed by atoms with E-state index in [1.807, 2.05) is 0 Å². The molecule has 0 radical (unpaired) electrons. The molecule has 6 heteroatoms. The van der Waals surface area contributed by atoms with Crippen LogP contribution < -0.4 is 15.8 Å². The second-order valence-electron chi connectivity index (χ2n) is 3.84. The third kappa shape index (κ3) is 2.92. The number of nitrogens with one attached hydrogen (secondary N) is 1. The molecule has 0 saturated carbocycles. The lowest BCUT2D eigenvalue weighted by Gasteiger charge is -2.08. The predicted molar refractivity (Wildman–Crippen MR) is 71.3 cm³/mol. The molecule has 0 fully saturated rings. The standard InChI is InChI=1S/C13H13N3O3/c1-19-12-3-2-9(5-11(12)14)16-13(18)8-4-10(17)7-15-6-8/h2-7,17H,14H2,1H3,(H,16,18). The maximum absolute atomic E-state index is 11.9. The normalized spacial score (nSPS) is 9.95. The maximum Gasteiger partial charge on any atom is 0.257 e. The summed E-state index contributed by atoms with van der Waals surface area (Å²) in [6.45, 7) is 0. The molecular formula is C13H13N3O3. The van der Waals surface area contributed by atoms with Gasteiger partial charge < -0.3 is 20.9 Å². The first-order valence-corrected chi connectivity index (χ1v) is 5.49. The van der Waals surface area contributed by atoms with E-state index < -0.39 is 0 Å². The number of pyridine rings is 1. The van der Waals surface area contributed by atoms with Gasteiger partial charge in [-0.15, -0.1) is 0 Å². The van der Waals surface area contributed by atoms with E-state index in [1.54, 1.807) is 18.2 Å². The topological polar surface area (TPSA) is 97.5 Å². The van der Waals surface area contributed by atoms with Gasteiger partial charge in [0.05, 0.1) is 24.6 Å². The number of anilines is 2. The highest BCUT2D eigenvalue weighted by molar-refractivity contribution is 6.04. The van der Waals surface area contributed by atoms with Crippen molar-refractivity contribution in [2.45, 2.75) is 0 Å². The number of amides is 1. The van der Waals surface area contributed by atoms with Crippen molar-refractivity contribution in [3.8, 4) is 11.5 Å². The quantitative estimate of drug-likeness (QED) is 0.728. The number of nitrogens with zero attached hydrogens (tertiary/aromatic N) is 1. The number of aromatic nitrogens is 1. The van der Waals surface area contributed by atoms with Gasteiger partial charge in [-0.05, 0) is 24.3 Å². The average molecular weight is 259 g/mol. The van der Waals surface area contributed by atoms with Gasteiger partial charge >= 0.3 is 0 Å². The van der Waals surface area contributed by atoms with Gasteiger partial charge in [-0.25, -0.2) is 0 Å². The Balaban J connectivity index is 2.17. The Labute approximate surface area is 109 Å². The first kappa shape index (κ1) is 12.7. The van der Waals surface area contributed by atoms with E-state index in [0.717, 1.165) is 0 Å². The molecule has 2 rings (SSSR count). The smallest absolute Gasteiger partial charge is 0.257 e. The van der Waals surface area contributed by atoms with Gasteiger partial charge in [-0.2, -0.15) is 0 Å². The lowest BCUT2D eigenvalue weighted by molar-refractivity contribution is 0.102. The molecular weight excluding hydrogens is 246 g/mol. The molecule has 0 saturated heterocycles. The summed E-state index contributed by atoms with van der Waals surface area (Å²) in [6.07, 6.45) is 2.62. The van der Waals surface area contributed by atoms with Gasteiger partial charge in [-0.1, -0.05) is 0 Å². The molecule has 0 unspecified atom stereocenters. The number of hydrogen-bond acceptors (Lipinski definition) is 5. The number of nitrogen functional groups attached to an aromatic ring is 1. The SMILES string of the molecule is COc1ccc(NC(=O)c2cncc(O)c2)cc1N. The minimum Gasteiger partial charge on any atom is -0.506 e. The van der Waals surface area contributed by atoms with E-state index in [-0.39, 0.29) is 17.2 Å². The number of methoxy groups -OCH3 is 1. The van der Waals surface area contributed by atoms with Crippen LogP contribution >= 0.6 is 0 Å². The molecule has 0 aliphatic carbocycles.